The molecule has 0 aliphatic rings. The van der Waals surface area contributed by atoms with Crippen LogP contribution in [-0.4, -0.2) is 17.5 Å². The number of benzene rings is 2. The molecule has 0 spiro atoms. The second-order valence-corrected chi connectivity index (χ2v) is 7.85. The molecule has 1 aromatic heterocycles. The van der Waals surface area contributed by atoms with Crippen LogP contribution in [0.5, 0.6) is 5.75 Å². The number of hydrogen-bond donors (Lipinski definition) is 1. The monoisotopic (exact) mass is 394 g/mol. The second kappa shape index (κ2) is 9.02. The van der Waals surface area contributed by atoms with Crippen molar-refractivity contribution in [3.63, 3.8) is 0 Å². The average molecular weight is 395 g/mol. The molecule has 0 unspecified atom stereocenters. The summed E-state index contributed by atoms with van der Waals surface area (Å²) in [4.78, 5) is 17.3. The van der Waals surface area contributed by atoms with Gasteiger partial charge < -0.3 is 10.1 Å². The summed E-state index contributed by atoms with van der Waals surface area (Å²) >= 11 is 1.53. The number of hydrogen-bond acceptors (Lipinski definition) is 4. The lowest BCUT2D eigenvalue weighted by Crippen LogP contribution is -2.17. The van der Waals surface area contributed by atoms with Crippen molar-refractivity contribution in [1.82, 2.24) is 4.98 Å². The van der Waals surface area contributed by atoms with Crippen LogP contribution >= 0.6 is 11.3 Å². The molecule has 1 amide bonds. The minimum Gasteiger partial charge on any atom is -0.493 e. The number of nitrogens with zero attached hydrogens (tertiary/aromatic N) is 1. The fraction of sp³-hybridized carbons (Fsp3) is 0.304. The fourth-order valence-corrected chi connectivity index (χ4v) is 3.98. The zero-order chi connectivity index (χ0) is 20.1. The Morgan fingerprint density at radius 1 is 1.18 bits per heavy atom. The molecular formula is C23H26N2O2S. The Morgan fingerprint density at radius 3 is 2.71 bits per heavy atom. The van der Waals surface area contributed by atoms with E-state index >= 15 is 0 Å². The zero-order valence-corrected chi connectivity index (χ0v) is 17.6. The summed E-state index contributed by atoms with van der Waals surface area (Å²) < 4.78 is 5.70. The van der Waals surface area contributed by atoms with Crippen LogP contribution in [0.3, 0.4) is 0 Å². The van der Waals surface area contributed by atoms with Gasteiger partial charge in [-0.15, -0.1) is 11.3 Å². The van der Waals surface area contributed by atoms with Gasteiger partial charge in [-0.25, -0.2) is 4.98 Å². The number of para-hydroxylation sites is 2. The van der Waals surface area contributed by atoms with Gasteiger partial charge in [0.1, 0.15) is 10.8 Å². The smallest absolute Gasteiger partial charge is 0.230 e. The molecule has 3 aromatic rings. The van der Waals surface area contributed by atoms with Gasteiger partial charge in [-0.05, 0) is 43.0 Å². The lowest BCUT2D eigenvalue weighted by Gasteiger charge is -2.16. The van der Waals surface area contributed by atoms with Crippen LogP contribution < -0.4 is 10.1 Å². The standard InChI is InChI=1S/C23H26N2O2S/c1-5-27-20-12-7-6-10-19(20)23-24-17(14-28-23)13-21(26)25-22-16(4)9-8-11-18(22)15(2)3/h6-12,14-15H,5,13H2,1-4H3,(H,25,26). The van der Waals surface area contributed by atoms with Gasteiger partial charge in [0.05, 0.1) is 24.3 Å². The molecule has 5 heteroatoms. The van der Waals surface area contributed by atoms with E-state index in [9.17, 15) is 4.79 Å². The lowest BCUT2D eigenvalue weighted by atomic mass is 9.98. The van der Waals surface area contributed by atoms with Crippen LogP contribution in [0.15, 0.2) is 47.8 Å². The fourth-order valence-electron chi connectivity index (χ4n) is 3.13. The van der Waals surface area contributed by atoms with E-state index in [1.807, 2.05) is 55.6 Å². The van der Waals surface area contributed by atoms with Crippen molar-refractivity contribution in [3.05, 3.63) is 64.7 Å². The van der Waals surface area contributed by atoms with Crippen molar-refractivity contribution in [1.29, 1.82) is 0 Å². The molecule has 0 aliphatic heterocycles. The zero-order valence-electron chi connectivity index (χ0n) is 16.8. The Labute approximate surface area is 170 Å². The summed E-state index contributed by atoms with van der Waals surface area (Å²) in [5, 5.41) is 5.90. The highest BCUT2D eigenvalue weighted by atomic mass is 32.1. The minimum atomic E-state index is -0.0499. The summed E-state index contributed by atoms with van der Waals surface area (Å²) in [5.41, 5.74) is 4.87. The number of carbonyl (C=O) groups excluding carboxylic acids is 1. The van der Waals surface area contributed by atoms with Crippen molar-refractivity contribution >= 4 is 22.9 Å². The summed E-state index contributed by atoms with van der Waals surface area (Å²) in [6.45, 7) is 8.85. The average Bonchev–Trinajstić information content (AvgIpc) is 3.12. The van der Waals surface area contributed by atoms with Crippen molar-refractivity contribution in [2.75, 3.05) is 11.9 Å². The molecule has 0 saturated heterocycles. The highest BCUT2D eigenvalue weighted by Crippen LogP contribution is 2.32. The molecule has 0 fully saturated rings. The molecule has 0 atom stereocenters. The predicted octanol–water partition coefficient (Wildman–Crippen LogP) is 5.82. The van der Waals surface area contributed by atoms with Crippen LogP contribution in [0.2, 0.25) is 0 Å². The van der Waals surface area contributed by atoms with Gasteiger partial charge >= 0.3 is 0 Å². The van der Waals surface area contributed by atoms with Crippen molar-refractivity contribution < 1.29 is 9.53 Å². The highest BCUT2D eigenvalue weighted by molar-refractivity contribution is 7.13. The molecule has 2 aromatic carbocycles. The molecule has 0 aliphatic carbocycles. The van der Waals surface area contributed by atoms with Gasteiger partial charge in [0.15, 0.2) is 0 Å². The molecular weight excluding hydrogens is 368 g/mol. The number of anilines is 1. The van der Waals surface area contributed by atoms with E-state index in [-0.39, 0.29) is 12.3 Å². The third-order valence-corrected chi connectivity index (χ3v) is 5.43. The normalized spacial score (nSPS) is 10.9. The maximum absolute atomic E-state index is 12.7. The topological polar surface area (TPSA) is 51.2 Å². The van der Waals surface area contributed by atoms with E-state index in [1.165, 1.54) is 11.3 Å². The van der Waals surface area contributed by atoms with Crippen molar-refractivity contribution in [2.45, 2.75) is 40.0 Å². The Kier molecular flexibility index (Phi) is 6.47. The van der Waals surface area contributed by atoms with Gasteiger partial charge in [-0.2, -0.15) is 0 Å². The molecule has 0 saturated carbocycles. The molecule has 0 bridgehead atoms. The van der Waals surface area contributed by atoms with E-state index < -0.39 is 0 Å². The number of thiazole rings is 1. The van der Waals surface area contributed by atoms with Crippen molar-refractivity contribution in [2.24, 2.45) is 0 Å². The summed E-state index contributed by atoms with van der Waals surface area (Å²) in [6.07, 6.45) is 0.249. The quantitative estimate of drug-likeness (QED) is 0.549. The van der Waals surface area contributed by atoms with Crippen LogP contribution in [-0.2, 0) is 11.2 Å². The van der Waals surface area contributed by atoms with E-state index in [4.69, 9.17) is 4.74 Å². The SMILES string of the molecule is CCOc1ccccc1-c1nc(CC(=O)Nc2c(C)cccc2C(C)C)cs1. The summed E-state index contributed by atoms with van der Waals surface area (Å²) in [6, 6.07) is 14.0. The van der Waals surface area contributed by atoms with E-state index in [0.717, 1.165) is 38.8 Å². The number of rotatable bonds is 7. The Hall–Kier alpha value is -2.66. The Morgan fingerprint density at radius 2 is 1.96 bits per heavy atom. The maximum atomic E-state index is 12.7. The molecule has 146 valence electrons. The molecule has 3 rings (SSSR count). The number of ether oxygens (including phenoxy) is 1. The van der Waals surface area contributed by atoms with Gasteiger partial charge in [-0.1, -0.05) is 44.2 Å². The van der Waals surface area contributed by atoms with Gasteiger partial charge in [0, 0.05) is 11.1 Å². The maximum Gasteiger partial charge on any atom is 0.230 e. The Bertz CT molecular complexity index is 963. The van der Waals surface area contributed by atoms with Crippen LogP contribution in [0.25, 0.3) is 10.6 Å². The number of aryl methyl sites for hydroxylation is 1. The lowest BCUT2D eigenvalue weighted by molar-refractivity contribution is -0.115. The second-order valence-electron chi connectivity index (χ2n) is 6.99. The molecule has 1 N–H and O–H groups in total. The molecule has 28 heavy (non-hydrogen) atoms. The van der Waals surface area contributed by atoms with E-state index in [1.54, 1.807) is 0 Å². The van der Waals surface area contributed by atoms with Crippen LogP contribution in [0.4, 0.5) is 5.69 Å². The number of aromatic nitrogens is 1. The third kappa shape index (κ3) is 4.60. The van der Waals surface area contributed by atoms with Gasteiger partial charge in [-0.3, -0.25) is 4.79 Å². The number of carbonyl (C=O) groups is 1. The summed E-state index contributed by atoms with van der Waals surface area (Å²) in [5.74, 6) is 1.11. The first-order valence-corrected chi connectivity index (χ1v) is 10.4. The first-order chi connectivity index (χ1) is 13.5. The van der Waals surface area contributed by atoms with Crippen LogP contribution in [0.1, 0.15) is 43.5 Å². The largest absolute Gasteiger partial charge is 0.493 e. The molecule has 4 nitrogen and oxygen atoms in total. The third-order valence-electron chi connectivity index (χ3n) is 4.50. The molecule has 0 radical (unpaired) electrons. The first-order valence-electron chi connectivity index (χ1n) is 9.55. The number of amides is 1. The van der Waals surface area contributed by atoms with Gasteiger partial charge in [0.2, 0.25) is 5.91 Å². The first kappa shape index (κ1) is 20.1. The Balaban J connectivity index is 1.76. The van der Waals surface area contributed by atoms with E-state index in [2.05, 4.69) is 30.2 Å². The molecule has 1 heterocycles. The van der Waals surface area contributed by atoms with Crippen molar-refractivity contribution in [3.8, 4) is 16.3 Å². The number of nitrogens with one attached hydrogen (secondary N) is 1. The summed E-state index contributed by atoms with van der Waals surface area (Å²) in [7, 11) is 0. The van der Waals surface area contributed by atoms with Crippen LogP contribution in [0, 0.1) is 6.92 Å². The highest BCUT2D eigenvalue weighted by Gasteiger charge is 2.15. The minimum absolute atomic E-state index is 0.0499. The van der Waals surface area contributed by atoms with Gasteiger partial charge in [0.25, 0.3) is 0 Å². The van der Waals surface area contributed by atoms with E-state index in [0.29, 0.717) is 12.5 Å². The predicted molar refractivity (Wildman–Crippen MR) is 116 cm³/mol.